The van der Waals surface area contributed by atoms with Crippen LogP contribution in [0.15, 0.2) is 121 Å². The number of rotatable bonds is 6. The number of anilines is 2. The molecule has 7 aliphatic heterocycles. The number of benzene rings is 2. The Kier molecular flexibility index (Phi) is 7.80. The van der Waals surface area contributed by atoms with Gasteiger partial charge in [-0.2, -0.15) is 0 Å². The van der Waals surface area contributed by atoms with Crippen LogP contribution in [0.1, 0.15) is 36.8 Å². The van der Waals surface area contributed by atoms with Crippen LogP contribution in [0, 0.1) is 11.8 Å². The third-order valence-electron chi connectivity index (χ3n) is 15.9. The van der Waals surface area contributed by atoms with Gasteiger partial charge in [0.25, 0.3) is 0 Å². The van der Waals surface area contributed by atoms with Gasteiger partial charge < -0.3 is 53.8 Å². The molecule has 7 heterocycles. The van der Waals surface area contributed by atoms with E-state index in [4.69, 9.17) is 0 Å². The second-order valence-electron chi connectivity index (χ2n) is 17.2. The summed E-state index contributed by atoms with van der Waals surface area (Å²) in [7, 11) is 0. The minimum atomic E-state index is 0. The lowest BCUT2D eigenvalue weighted by Gasteiger charge is -2.59. The van der Waals surface area contributed by atoms with Gasteiger partial charge >= 0.3 is 0 Å². The number of aliphatic hydroxyl groups is 2. The predicted molar refractivity (Wildman–Crippen MR) is 198 cm³/mol. The summed E-state index contributed by atoms with van der Waals surface area (Å²) in [6.07, 6.45) is 18.6. The standard InChI is InChI=1S/C44H50N4O2.2ClH/c1-3-17-47-19-15-43-35-9-5-7-11-37(35)45-26-34-32-24-40-44(16-20-48(40,18-4-2)28-30(32)14-22-50)36-10-6-8-12-38(36)46(42(34)44)25-33(41(43)45)31(23-39(43)47)29(27-47)13-21-49;;/h3-14,25-26,31-32,39-42,49-50H,1-2,15-24,27-28H2;2*1H/q+2;;/p-2/b29-13-,30-14-,33-25-,34-26?;;/t31-,32-,39-,40-,41-,42-,43+,44+,47-,48-;;/m0../s1. The normalized spacial score (nSPS) is 42.7. The molecule has 2 N–H and O–H groups in total. The summed E-state index contributed by atoms with van der Waals surface area (Å²) in [5.74, 6) is 0.615. The number of hydrogen-bond acceptors (Lipinski definition) is 4. The van der Waals surface area contributed by atoms with Gasteiger partial charge in [0, 0.05) is 61.3 Å². The first-order valence-corrected chi connectivity index (χ1v) is 19.2. The highest BCUT2D eigenvalue weighted by atomic mass is 35.5. The van der Waals surface area contributed by atoms with Crippen LogP contribution in [0.2, 0.25) is 0 Å². The van der Waals surface area contributed by atoms with Crippen molar-refractivity contribution < 1.29 is 44.0 Å². The van der Waals surface area contributed by atoms with Crippen LogP contribution in [0.25, 0.3) is 0 Å². The molecule has 2 spiro atoms. The van der Waals surface area contributed by atoms with E-state index in [2.05, 4.69) is 108 Å². The molecule has 2 aliphatic carbocycles. The lowest BCUT2D eigenvalue weighted by atomic mass is 9.56. The van der Waals surface area contributed by atoms with Gasteiger partial charge in [0.2, 0.25) is 0 Å². The molecule has 4 saturated heterocycles. The summed E-state index contributed by atoms with van der Waals surface area (Å²) in [6, 6.07) is 20.3. The van der Waals surface area contributed by atoms with E-state index in [-0.39, 0.29) is 60.9 Å². The Bertz CT molecular complexity index is 1860. The molecule has 2 saturated carbocycles. The van der Waals surface area contributed by atoms with E-state index >= 15 is 0 Å². The fourth-order valence-corrected chi connectivity index (χ4v) is 14.6. The number of hydrogen-bond donors (Lipinski definition) is 2. The molecular formula is C44H50Cl2N4O2. The molecule has 4 bridgehead atoms. The molecule has 272 valence electrons. The van der Waals surface area contributed by atoms with E-state index in [9.17, 15) is 10.2 Å². The van der Waals surface area contributed by atoms with E-state index < -0.39 is 0 Å². The van der Waals surface area contributed by atoms with E-state index in [0.717, 1.165) is 73.9 Å². The first-order chi connectivity index (χ1) is 24.5. The number of piperidine rings is 2. The van der Waals surface area contributed by atoms with Crippen molar-refractivity contribution >= 4 is 11.4 Å². The zero-order valence-corrected chi connectivity index (χ0v) is 31.4. The van der Waals surface area contributed by atoms with Gasteiger partial charge in [-0.05, 0) is 57.7 Å². The van der Waals surface area contributed by atoms with Gasteiger partial charge in [0.1, 0.15) is 25.2 Å². The van der Waals surface area contributed by atoms with Crippen LogP contribution in [-0.2, 0) is 10.8 Å². The van der Waals surface area contributed by atoms with Gasteiger partial charge in [-0.25, -0.2) is 0 Å². The van der Waals surface area contributed by atoms with Crippen molar-refractivity contribution in [2.24, 2.45) is 11.8 Å². The second-order valence-corrected chi connectivity index (χ2v) is 17.2. The van der Waals surface area contributed by atoms with Gasteiger partial charge in [-0.3, -0.25) is 0 Å². The van der Waals surface area contributed by atoms with Crippen LogP contribution in [-0.4, -0.2) is 95.8 Å². The minimum absolute atomic E-state index is 0. The minimum Gasteiger partial charge on any atom is -1.00 e. The maximum Gasteiger partial charge on any atom is 0.103 e. The van der Waals surface area contributed by atoms with E-state index in [1.54, 1.807) is 11.1 Å². The van der Waals surface area contributed by atoms with Crippen molar-refractivity contribution in [2.45, 2.75) is 60.7 Å². The average molecular weight is 738 g/mol. The van der Waals surface area contributed by atoms with Crippen LogP contribution in [0.5, 0.6) is 0 Å². The Labute approximate surface area is 320 Å². The Morgan fingerprint density at radius 3 is 1.50 bits per heavy atom. The van der Waals surface area contributed by atoms with Gasteiger partial charge in [-0.15, -0.1) is 0 Å². The SMILES string of the molecule is C=CC[N@@+]12CC[C@@]34c5ccccc5N5C=C6[C@H]7C[C@H]8[C@@]9(CC[N@@+]8(CC=C)C/C7=C/CO)c7ccccc7N(/C=C(/[C@@H](C[C@@H]31)/C(=C\CO)C2)[C@H]54)[C@@H]69.[Cl-].[Cl-]. The van der Waals surface area contributed by atoms with Crippen molar-refractivity contribution in [3.63, 3.8) is 0 Å². The molecule has 52 heavy (non-hydrogen) atoms. The van der Waals surface area contributed by atoms with Crippen LogP contribution < -0.4 is 34.6 Å². The summed E-state index contributed by atoms with van der Waals surface area (Å²) >= 11 is 0. The highest BCUT2D eigenvalue weighted by Crippen LogP contribution is 2.69. The Morgan fingerprint density at radius 1 is 0.673 bits per heavy atom. The second kappa shape index (κ2) is 11.7. The van der Waals surface area contributed by atoms with Gasteiger partial charge in [-0.1, -0.05) is 61.7 Å². The molecule has 11 rings (SSSR count). The summed E-state index contributed by atoms with van der Waals surface area (Å²) < 4.78 is 2.12. The van der Waals surface area contributed by atoms with Crippen molar-refractivity contribution in [1.82, 2.24) is 0 Å². The molecule has 2 aromatic carbocycles. The number of nitrogens with zero attached hydrogens (tertiary/aromatic N) is 4. The highest BCUT2D eigenvalue weighted by molar-refractivity contribution is 5.77. The lowest BCUT2D eigenvalue weighted by Crippen LogP contribution is -3.00. The summed E-state index contributed by atoms with van der Waals surface area (Å²) in [5, 5.41) is 20.9. The lowest BCUT2D eigenvalue weighted by molar-refractivity contribution is -0.937. The molecular weight excluding hydrogens is 687 g/mol. The number of para-hydroxylation sites is 2. The summed E-state index contributed by atoms with van der Waals surface area (Å²) in [6.45, 7) is 15.0. The fraction of sp³-hybridized carbons (Fsp3) is 0.455. The quantitative estimate of drug-likeness (QED) is 0.310. The summed E-state index contributed by atoms with van der Waals surface area (Å²) in [5.41, 5.74) is 11.8. The largest absolute Gasteiger partial charge is 1.00 e. The topological polar surface area (TPSA) is 46.9 Å². The zero-order valence-electron chi connectivity index (χ0n) is 29.9. The molecule has 0 radical (unpaired) electrons. The van der Waals surface area contributed by atoms with Gasteiger partial charge in [0.15, 0.2) is 0 Å². The Morgan fingerprint density at radius 2 is 1.10 bits per heavy atom. The predicted octanol–water partition coefficient (Wildman–Crippen LogP) is -0.516. The summed E-state index contributed by atoms with van der Waals surface area (Å²) in [4.78, 5) is 5.54. The molecule has 6 fully saturated rings. The molecule has 6 nitrogen and oxygen atoms in total. The number of aliphatic hydroxyl groups excluding tert-OH is 2. The number of halogens is 2. The molecule has 0 aromatic heterocycles. The molecule has 0 unspecified atom stereocenters. The zero-order chi connectivity index (χ0) is 33.6. The van der Waals surface area contributed by atoms with Crippen molar-refractivity contribution in [3.05, 3.63) is 132 Å². The first-order valence-electron chi connectivity index (χ1n) is 19.2. The van der Waals surface area contributed by atoms with E-state index in [1.165, 1.54) is 33.6 Å². The van der Waals surface area contributed by atoms with E-state index in [1.807, 2.05) is 0 Å². The molecule has 8 heteroatoms. The monoisotopic (exact) mass is 736 g/mol. The highest BCUT2D eigenvalue weighted by Gasteiger charge is 2.75. The third-order valence-corrected chi connectivity index (χ3v) is 15.9. The van der Waals surface area contributed by atoms with Crippen LogP contribution in [0.4, 0.5) is 11.4 Å². The molecule has 2 aromatic rings. The third kappa shape index (κ3) is 3.82. The molecule has 0 amide bonds. The average Bonchev–Trinajstić information content (AvgIpc) is 3.81. The smallest absolute Gasteiger partial charge is 0.103 e. The van der Waals surface area contributed by atoms with Crippen LogP contribution in [0.3, 0.4) is 0 Å². The van der Waals surface area contributed by atoms with Gasteiger partial charge in [0.05, 0.1) is 62.3 Å². The maximum absolute atomic E-state index is 10.5. The van der Waals surface area contributed by atoms with Crippen LogP contribution >= 0.6 is 0 Å². The Hall–Kier alpha value is -3.10. The van der Waals surface area contributed by atoms with E-state index in [0.29, 0.717) is 23.9 Å². The van der Waals surface area contributed by atoms with Crippen molar-refractivity contribution in [1.29, 1.82) is 0 Å². The first kappa shape index (κ1) is 34.7. The fourth-order valence-electron chi connectivity index (χ4n) is 14.6. The molecule has 9 aliphatic rings. The van der Waals surface area contributed by atoms with Crippen molar-refractivity contribution in [2.75, 3.05) is 62.3 Å². The number of quaternary nitrogens is 2. The van der Waals surface area contributed by atoms with Crippen molar-refractivity contribution in [3.8, 4) is 0 Å². The maximum atomic E-state index is 10.5. The molecule has 10 atom stereocenters. The Balaban J connectivity index is 0.00000180. The number of fused-ring (bicyclic) bond motifs is 8.